The molecule has 0 aromatic heterocycles. The highest BCUT2D eigenvalue weighted by Crippen LogP contribution is 2.62. The molecule has 0 radical (unpaired) electrons. The van der Waals surface area contributed by atoms with Crippen molar-refractivity contribution in [3.63, 3.8) is 0 Å². The van der Waals surface area contributed by atoms with Gasteiger partial charge in [-0.1, -0.05) is 26.3 Å². The van der Waals surface area contributed by atoms with Crippen molar-refractivity contribution >= 4 is 0 Å². The normalized spacial score (nSPS) is 42.0. The largest absolute Gasteiger partial charge is 0.508 e. The Labute approximate surface area is 139 Å². The summed E-state index contributed by atoms with van der Waals surface area (Å²) in [7, 11) is 0. The molecule has 0 spiro atoms. The molecule has 0 amide bonds. The van der Waals surface area contributed by atoms with E-state index < -0.39 is 0 Å². The molecule has 2 fully saturated rings. The second-order valence-electron chi connectivity index (χ2n) is 8.55. The van der Waals surface area contributed by atoms with Gasteiger partial charge in [0.15, 0.2) is 0 Å². The molecule has 2 nitrogen and oxygen atoms in total. The second kappa shape index (κ2) is 5.51. The minimum absolute atomic E-state index is 0.0979. The van der Waals surface area contributed by atoms with E-state index >= 15 is 0 Å². The molecule has 1 aromatic rings. The first-order valence-electron chi connectivity index (χ1n) is 9.55. The van der Waals surface area contributed by atoms with Gasteiger partial charge in [-0.3, -0.25) is 0 Å². The standard InChI is InChI=1S/C21H30O2/c1-3-4-13-11-18-16(15-6-5-14(22)12-17(13)15)9-10-21(2)19(18)7-8-20(21)23/h5-6,12-13,16,18-20,22-23H,3-4,7-11H2,1-2H3/t13-,16+,18+,19-,20-,21-/m0/s1. The highest BCUT2D eigenvalue weighted by atomic mass is 16.3. The van der Waals surface area contributed by atoms with Crippen LogP contribution in [0, 0.1) is 17.3 Å². The summed E-state index contributed by atoms with van der Waals surface area (Å²) >= 11 is 0. The maximum absolute atomic E-state index is 10.5. The van der Waals surface area contributed by atoms with Gasteiger partial charge in [0.25, 0.3) is 0 Å². The molecule has 2 saturated carbocycles. The van der Waals surface area contributed by atoms with Crippen molar-refractivity contribution < 1.29 is 10.2 Å². The summed E-state index contributed by atoms with van der Waals surface area (Å²) in [5.74, 6) is 3.04. The van der Waals surface area contributed by atoms with Gasteiger partial charge in [-0.25, -0.2) is 0 Å². The van der Waals surface area contributed by atoms with Crippen molar-refractivity contribution in [2.45, 2.75) is 76.7 Å². The van der Waals surface area contributed by atoms with Crippen LogP contribution in [0.25, 0.3) is 0 Å². The fraction of sp³-hybridized carbons (Fsp3) is 0.714. The third-order valence-corrected chi connectivity index (χ3v) is 7.49. The SMILES string of the molecule is CCC[C@H]1C[C@@H]2[C@H](CC[C@]3(C)[C@@H](O)CC[C@@H]23)c2ccc(O)cc21. The van der Waals surface area contributed by atoms with E-state index in [0.29, 0.717) is 23.5 Å². The first-order chi connectivity index (χ1) is 11.0. The number of aliphatic hydroxyl groups is 1. The Morgan fingerprint density at radius 3 is 2.78 bits per heavy atom. The summed E-state index contributed by atoms with van der Waals surface area (Å²) in [4.78, 5) is 0. The lowest BCUT2D eigenvalue weighted by Gasteiger charge is -2.51. The molecular weight excluding hydrogens is 284 g/mol. The monoisotopic (exact) mass is 314 g/mol. The third-order valence-electron chi connectivity index (χ3n) is 7.49. The van der Waals surface area contributed by atoms with Gasteiger partial charge in [0.05, 0.1) is 6.10 Å². The molecule has 0 saturated heterocycles. The fourth-order valence-electron chi connectivity index (χ4n) is 6.31. The zero-order chi connectivity index (χ0) is 16.2. The summed E-state index contributed by atoms with van der Waals surface area (Å²) in [6.07, 6.45) is 8.11. The first-order valence-corrected chi connectivity index (χ1v) is 9.55. The quantitative estimate of drug-likeness (QED) is 0.811. The molecule has 3 aliphatic carbocycles. The van der Waals surface area contributed by atoms with Gasteiger partial charge < -0.3 is 10.2 Å². The first kappa shape index (κ1) is 15.5. The number of benzene rings is 1. The number of hydrogen-bond donors (Lipinski definition) is 2. The molecule has 2 N–H and O–H groups in total. The highest BCUT2D eigenvalue weighted by Gasteiger charge is 2.55. The summed E-state index contributed by atoms with van der Waals surface area (Å²) < 4.78 is 0. The summed E-state index contributed by atoms with van der Waals surface area (Å²) in [6, 6.07) is 6.10. The lowest BCUT2D eigenvalue weighted by atomic mass is 9.53. The van der Waals surface area contributed by atoms with E-state index in [1.54, 1.807) is 0 Å². The minimum atomic E-state index is -0.0979. The molecule has 0 bridgehead atoms. The predicted octanol–water partition coefficient (Wildman–Crippen LogP) is 4.95. The van der Waals surface area contributed by atoms with Gasteiger partial charge in [0.1, 0.15) is 5.75 Å². The molecule has 23 heavy (non-hydrogen) atoms. The number of rotatable bonds is 2. The van der Waals surface area contributed by atoms with Gasteiger partial charge in [0, 0.05) is 0 Å². The van der Waals surface area contributed by atoms with E-state index in [0.717, 1.165) is 18.8 Å². The van der Waals surface area contributed by atoms with Crippen LogP contribution in [-0.2, 0) is 0 Å². The van der Waals surface area contributed by atoms with Crippen LogP contribution in [0.4, 0.5) is 0 Å². The van der Waals surface area contributed by atoms with Crippen molar-refractivity contribution in [1.29, 1.82) is 0 Å². The van der Waals surface area contributed by atoms with Crippen molar-refractivity contribution in [3.8, 4) is 5.75 Å². The van der Waals surface area contributed by atoms with Crippen LogP contribution in [0.5, 0.6) is 5.75 Å². The zero-order valence-corrected chi connectivity index (χ0v) is 14.5. The number of phenolic OH excluding ortho intramolecular Hbond substituents is 1. The molecule has 126 valence electrons. The molecule has 0 heterocycles. The number of aromatic hydroxyl groups is 1. The van der Waals surface area contributed by atoms with Gasteiger partial charge in [-0.15, -0.1) is 0 Å². The van der Waals surface area contributed by atoms with E-state index in [-0.39, 0.29) is 11.5 Å². The Hall–Kier alpha value is -1.02. The van der Waals surface area contributed by atoms with Crippen LogP contribution < -0.4 is 0 Å². The summed E-state index contributed by atoms with van der Waals surface area (Å²) in [6.45, 7) is 4.60. The van der Waals surface area contributed by atoms with Crippen LogP contribution in [0.3, 0.4) is 0 Å². The van der Waals surface area contributed by atoms with Crippen LogP contribution in [0.1, 0.15) is 81.8 Å². The van der Waals surface area contributed by atoms with Crippen molar-refractivity contribution in [2.24, 2.45) is 17.3 Å². The lowest BCUT2D eigenvalue weighted by Crippen LogP contribution is -2.44. The van der Waals surface area contributed by atoms with Crippen molar-refractivity contribution in [1.82, 2.24) is 0 Å². The Balaban J connectivity index is 1.74. The van der Waals surface area contributed by atoms with Crippen LogP contribution in [0.15, 0.2) is 18.2 Å². The van der Waals surface area contributed by atoms with Crippen LogP contribution in [-0.4, -0.2) is 16.3 Å². The summed E-state index contributed by atoms with van der Waals surface area (Å²) in [5, 5.41) is 20.5. The molecule has 0 unspecified atom stereocenters. The molecule has 3 aliphatic rings. The second-order valence-corrected chi connectivity index (χ2v) is 8.55. The third kappa shape index (κ3) is 2.25. The zero-order valence-electron chi connectivity index (χ0n) is 14.5. The maximum atomic E-state index is 10.5. The Morgan fingerprint density at radius 2 is 2.00 bits per heavy atom. The van der Waals surface area contributed by atoms with E-state index in [4.69, 9.17) is 0 Å². The molecule has 0 aliphatic heterocycles. The fourth-order valence-corrected chi connectivity index (χ4v) is 6.31. The van der Waals surface area contributed by atoms with Crippen molar-refractivity contribution in [2.75, 3.05) is 0 Å². The van der Waals surface area contributed by atoms with Crippen molar-refractivity contribution in [3.05, 3.63) is 29.3 Å². The summed E-state index contributed by atoms with van der Waals surface area (Å²) in [5.41, 5.74) is 3.06. The Morgan fingerprint density at radius 1 is 1.17 bits per heavy atom. The topological polar surface area (TPSA) is 40.5 Å². The number of phenols is 1. The molecule has 2 heteroatoms. The molecule has 1 aromatic carbocycles. The highest BCUT2D eigenvalue weighted by molar-refractivity contribution is 5.42. The average Bonchev–Trinajstić information content (AvgIpc) is 2.83. The lowest BCUT2D eigenvalue weighted by molar-refractivity contribution is -0.0252. The number of hydrogen-bond acceptors (Lipinski definition) is 2. The molecule has 4 rings (SSSR count). The average molecular weight is 314 g/mol. The maximum Gasteiger partial charge on any atom is 0.115 e. The van der Waals surface area contributed by atoms with E-state index in [1.807, 2.05) is 12.1 Å². The van der Waals surface area contributed by atoms with Gasteiger partial charge in [0.2, 0.25) is 0 Å². The Bertz CT molecular complexity index is 596. The molecular formula is C21H30O2. The van der Waals surface area contributed by atoms with E-state index in [2.05, 4.69) is 19.9 Å². The van der Waals surface area contributed by atoms with Crippen LogP contribution in [0.2, 0.25) is 0 Å². The predicted molar refractivity (Wildman–Crippen MR) is 92.7 cm³/mol. The number of aliphatic hydroxyl groups excluding tert-OH is 1. The number of fused-ring (bicyclic) bond motifs is 5. The molecule has 6 atom stereocenters. The van der Waals surface area contributed by atoms with Gasteiger partial charge in [-0.05, 0) is 90.9 Å². The van der Waals surface area contributed by atoms with E-state index in [9.17, 15) is 10.2 Å². The van der Waals surface area contributed by atoms with Crippen LogP contribution >= 0.6 is 0 Å². The van der Waals surface area contributed by atoms with Gasteiger partial charge >= 0.3 is 0 Å². The van der Waals surface area contributed by atoms with Gasteiger partial charge in [-0.2, -0.15) is 0 Å². The minimum Gasteiger partial charge on any atom is -0.508 e. The Kier molecular flexibility index (Phi) is 3.72. The smallest absolute Gasteiger partial charge is 0.115 e. The van der Waals surface area contributed by atoms with E-state index in [1.165, 1.54) is 43.2 Å².